The molecule has 132 valence electrons. The molecule has 1 N–H and O–H groups in total. The molecule has 1 aromatic carbocycles. The fraction of sp³-hybridized carbons (Fsp3) is 0.316. The van der Waals surface area contributed by atoms with Gasteiger partial charge in [0.2, 0.25) is 5.78 Å². The predicted molar refractivity (Wildman–Crippen MR) is 93.1 cm³/mol. The average molecular weight is 343 g/mol. The summed E-state index contributed by atoms with van der Waals surface area (Å²) in [6.07, 6.45) is 0. The first kappa shape index (κ1) is 18.4. The third kappa shape index (κ3) is 3.79. The molecule has 2 aromatic rings. The van der Waals surface area contributed by atoms with E-state index in [9.17, 15) is 14.4 Å². The van der Waals surface area contributed by atoms with Crippen molar-refractivity contribution in [3.8, 4) is 11.5 Å². The molecule has 0 aliphatic carbocycles. The standard InChI is InChI=1S/C19H21NO5/c1-10-18(13(4)22)11(2)20-19(10)15(23)9-25-16-7-6-14(12(3)21)8-17(16)24-5/h6-8,20H,9H2,1-5H3. The minimum atomic E-state index is -0.272. The van der Waals surface area contributed by atoms with Gasteiger partial charge < -0.3 is 14.5 Å². The summed E-state index contributed by atoms with van der Waals surface area (Å²) in [5.74, 6) is 0.298. The van der Waals surface area contributed by atoms with Crippen molar-refractivity contribution < 1.29 is 23.9 Å². The number of methoxy groups -OCH3 is 1. The lowest BCUT2D eigenvalue weighted by Gasteiger charge is -2.11. The van der Waals surface area contributed by atoms with Crippen LogP contribution in [0, 0.1) is 13.8 Å². The van der Waals surface area contributed by atoms with Gasteiger partial charge in [0, 0.05) is 16.8 Å². The molecule has 0 radical (unpaired) electrons. The van der Waals surface area contributed by atoms with Crippen LogP contribution < -0.4 is 9.47 Å². The molecular weight excluding hydrogens is 322 g/mol. The van der Waals surface area contributed by atoms with Crippen LogP contribution in [0.5, 0.6) is 11.5 Å². The van der Waals surface area contributed by atoms with Crippen LogP contribution in [0.2, 0.25) is 0 Å². The molecule has 0 saturated heterocycles. The number of ketones is 3. The molecule has 2 rings (SSSR count). The number of aromatic amines is 1. The maximum absolute atomic E-state index is 12.4. The maximum atomic E-state index is 12.4. The first-order valence-corrected chi connectivity index (χ1v) is 7.81. The molecule has 0 unspecified atom stereocenters. The molecule has 6 heteroatoms. The molecule has 0 spiro atoms. The molecule has 0 atom stereocenters. The number of Topliss-reactive ketones (excluding diaryl/α,β-unsaturated/α-hetero) is 3. The van der Waals surface area contributed by atoms with Gasteiger partial charge in [-0.15, -0.1) is 0 Å². The SMILES string of the molecule is COc1cc(C(C)=O)ccc1OCC(=O)c1[nH]c(C)c(C(C)=O)c1C. The zero-order valence-corrected chi connectivity index (χ0v) is 15.0. The molecule has 0 amide bonds. The normalized spacial score (nSPS) is 10.4. The summed E-state index contributed by atoms with van der Waals surface area (Å²) in [6, 6.07) is 4.78. The molecule has 1 heterocycles. The van der Waals surface area contributed by atoms with Gasteiger partial charge in [-0.1, -0.05) is 0 Å². The molecule has 0 bridgehead atoms. The Bertz CT molecular complexity index is 848. The van der Waals surface area contributed by atoms with E-state index in [-0.39, 0.29) is 24.0 Å². The Morgan fingerprint density at radius 1 is 1.04 bits per heavy atom. The van der Waals surface area contributed by atoms with Crippen LogP contribution in [0.1, 0.15) is 56.3 Å². The first-order chi connectivity index (χ1) is 11.8. The van der Waals surface area contributed by atoms with E-state index in [1.165, 1.54) is 21.0 Å². The molecule has 6 nitrogen and oxygen atoms in total. The van der Waals surface area contributed by atoms with Crippen molar-refractivity contribution in [2.75, 3.05) is 13.7 Å². The number of ether oxygens (including phenoxy) is 2. The summed E-state index contributed by atoms with van der Waals surface area (Å²) in [7, 11) is 1.46. The van der Waals surface area contributed by atoms with Crippen molar-refractivity contribution in [3.05, 3.63) is 46.3 Å². The van der Waals surface area contributed by atoms with E-state index in [0.29, 0.717) is 39.6 Å². The second-order valence-electron chi connectivity index (χ2n) is 5.81. The lowest BCUT2D eigenvalue weighted by atomic mass is 10.1. The Labute approximate surface area is 146 Å². The number of H-pyrrole nitrogens is 1. The van der Waals surface area contributed by atoms with Gasteiger partial charge in [0.25, 0.3) is 0 Å². The van der Waals surface area contributed by atoms with Gasteiger partial charge >= 0.3 is 0 Å². The maximum Gasteiger partial charge on any atom is 0.216 e. The van der Waals surface area contributed by atoms with E-state index in [2.05, 4.69) is 4.98 Å². The van der Waals surface area contributed by atoms with Gasteiger partial charge in [0.1, 0.15) is 0 Å². The molecular formula is C19H21NO5. The highest BCUT2D eigenvalue weighted by Gasteiger charge is 2.20. The van der Waals surface area contributed by atoms with Gasteiger partial charge in [0.15, 0.2) is 29.7 Å². The van der Waals surface area contributed by atoms with Crippen molar-refractivity contribution in [1.82, 2.24) is 4.98 Å². The summed E-state index contributed by atoms with van der Waals surface area (Å²) in [6.45, 7) is 6.20. The van der Waals surface area contributed by atoms with Crippen molar-refractivity contribution in [2.45, 2.75) is 27.7 Å². The quantitative estimate of drug-likeness (QED) is 0.780. The third-order valence-electron chi connectivity index (χ3n) is 4.00. The third-order valence-corrected chi connectivity index (χ3v) is 4.00. The van der Waals surface area contributed by atoms with Gasteiger partial charge in [0.05, 0.1) is 12.8 Å². The molecule has 25 heavy (non-hydrogen) atoms. The highest BCUT2D eigenvalue weighted by molar-refractivity contribution is 6.03. The smallest absolute Gasteiger partial charge is 0.216 e. The predicted octanol–water partition coefficient (Wildman–Crippen LogP) is 3.31. The fourth-order valence-corrected chi connectivity index (χ4v) is 2.78. The fourth-order valence-electron chi connectivity index (χ4n) is 2.78. The monoisotopic (exact) mass is 343 g/mol. The first-order valence-electron chi connectivity index (χ1n) is 7.81. The summed E-state index contributed by atoms with van der Waals surface area (Å²) >= 11 is 0. The number of hydrogen-bond donors (Lipinski definition) is 1. The Morgan fingerprint density at radius 2 is 1.72 bits per heavy atom. The van der Waals surface area contributed by atoms with Gasteiger partial charge in [-0.2, -0.15) is 0 Å². The minimum Gasteiger partial charge on any atom is -0.493 e. The van der Waals surface area contributed by atoms with Crippen LogP contribution in [0.3, 0.4) is 0 Å². The average Bonchev–Trinajstić information content (AvgIpc) is 2.86. The van der Waals surface area contributed by atoms with Crippen LogP contribution in [0.4, 0.5) is 0 Å². The summed E-state index contributed by atoms with van der Waals surface area (Å²) in [4.78, 5) is 38.5. The van der Waals surface area contributed by atoms with Crippen molar-refractivity contribution >= 4 is 17.3 Å². The van der Waals surface area contributed by atoms with E-state index in [4.69, 9.17) is 9.47 Å². The van der Waals surface area contributed by atoms with E-state index in [1.54, 1.807) is 32.0 Å². The Balaban J connectivity index is 2.19. The minimum absolute atomic E-state index is 0.0878. The van der Waals surface area contributed by atoms with E-state index >= 15 is 0 Å². The van der Waals surface area contributed by atoms with Crippen LogP contribution >= 0.6 is 0 Å². The lowest BCUT2D eigenvalue weighted by molar-refractivity contribution is 0.0913. The zero-order chi connectivity index (χ0) is 18.7. The lowest BCUT2D eigenvalue weighted by Crippen LogP contribution is -2.14. The van der Waals surface area contributed by atoms with Crippen LogP contribution in [-0.2, 0) is 0 Å². The summed E-state index contributed by atoms with van der Waals surface area (Å²) < 4.78 is 10.8. The number of carbonyl (C=O) groups is 3. The topological polar surface area (TPSA) is 85.5 Å². The number of rotatable bonds is 7. The van der Waals surface area contributed by atoms with E-state index < -0.39 is 0 Å². The highest BCUT2D eigenvalue weighted by Crippen LogP contribution is 2.28. The second kappa shape index (κ2) is 7.34. The Hall–Kier alpha value is -2.89. The van der Waals surface area contributed by atoms with Crippen LogP contribution in [-0.4, -0.2) is 36.1 Å². The number of nitrogens with one attached hydrogen (secondary N) is 1. The molecule has 0 fully saturated rings. The summed E-state index contributed by atoms with van der Waals surface area (Å²) in [5.41, 5.74) is 2.68. The van der Waals surface area contributed by atoms with Crippen molar-refractivity contribution in [3.63, 3.8) is 0 Å². The number of carbonyl (C=O) groups excluding carboxylic acids is 3. The van der Waals surface area contributed by atoms with E-state index in [0.717, 1.165) is 0 Å². The molecule has 0 aliphatic heterocycles. The largest absolute Gasteiger partial charge is 0.493 e. The Morgan fingerprint density at radius 3 is 2.24 bits per heavy atom. The number of hydrogen-bond acceptors (Lipinski definition) is 5. The number of aryl methyl sites for hydroxylation is 1. The van der Waals surface area contributed by atoms with Crippen molar-refractivity contribution in [2.24, 2.45) is 0 Å². The van der Waals surface area contributed by atoms with Crippen LogP contribution in [0.15, 0.2) is 18.2 Å². The molecule has 0 saturated carbocycles. The number of benzene rings is 1. The van der Waals surface area contributed by atoms with Crippen LogP contribution in [0.25, 0.3) is 0 Å². The van der Waals surface area contributed by atoms with Gasteiger partial charge in [-0.25, -0.2) is 0 Å². The van der Waals surface area contributed by atoms with Gasteiger partial charge in [-0.05, 0) is 51.5 Å². The molecule has 1 aromatic heterocycles. The van der Waals surface area contributed by atoms with Crippen molar-refractivity contribution in [1.29, 1.82) is 0 Å². The number of aromatic nitrogens is 1. The zero-order valence-electron chi connectivity index (χ0n) is 15.0. The highest BCUT2D eigenvalue weighted by atomic mass is 16.5. The summed E-state index contributed by atoms with van der Waals surface area (Å²) in [5, 5.41) is 0. The Kier molecular flexibility index (Phi) is 5.41. The van der Waals surface area contributed by atoms with Gasteiger partial charge in [-0.3, -0.25) is 14.4 Å². The second-order valence-corrected chi connectivity index (χ2v) is 5.81. The molecule has 0 aliphatic rings. The van der Waals surface area contributed by atoms with E-state index in [1.807, 2.05) is 0 Å².